The molecule has 5 nitrogen and oxygen atoms in total. The Labute approximate surface area is 137 Å². The summed E-state index contributed by atoms with van der Waals surface area (Å²) in [4.78, 5) is 11.9. The predicted octanol–water partition coefficient (Wildman–Crippen LogP) is 3.77. The van der Waals surface area contributed by atoms with Gasteiger partial charge in [-0.15, -0.1) is 11.3 Å². The summed E-state index contributed by atoms with van der Waals surface area (Å²) in [6.45, 7) is 3.74. The van der Waals surface area contributed by atoms with Crippen LogP contribution in [0.4, 0.5) is 11.6 Å². The van der Waals surface area contributed by atoms with Crippen LogP contribution in [-0.4, -0.2) is 30.7 Å². The molecule has 114 valence electrons. The first-order valence-electron chi connectivity index (χ1n) is 6.72. The van der Waals surface area contributed by atoms with Gasteiger partial charge in [-0.2, -0.15) is 0 Å². The van der Waals surface area contributed by atoms with Crippen LogP contribution in [0.15, 0.2) is 22.2 Å². The van der Waals surface area contributed by atoms with Gasteiger partial charge in [0.25, 0.3) is 0 Å². The first-order valence-corrected chi connectivity index (χ1v) is 8.39. The Bertz CT molecular complexity index is 590. The molecule has 0 aromatic carbocycles. The standard InChI is InChI=1S/C14H19BrN4OS/c1-4-5-16-13-12(20-3)14(18-9-17-13)19(2)7-11-6-10(15)8-21-11/h6,8-9H,4-5,7H2,1-3H3,(H,16,17,18). The SMILES string of the molecule is CCCNc1ncnc(N(C)Cc2cc(Br)cs2)c1OC. The van der Waals surface area contributed by atoms with Crippen molar-refractivity contribution in [2.24, 2.45) is 0 Å². The van der Waals surface area contributed by atoms with Gasteiger partial charge in [0.2, 0.25) is 5.75 Å². The minimum Gasteiger partial charge on any atom is -0.490 e. The molecule has 2 aromatic heterocycles. The number of ether oxygens (including phenoxy) is 1. The van der Waals surface area contributed by atoms with E-state index in [4.69, 9.17) is 4.74 Å². The van der Waals surface area contributed by atoms with Crippen molar-refractivity contribution in [1.29, 1.82) is 0 Å². The Morgan fingerprint density at radius 3 is 2.86 bits per heavy atom. The van der Waals surface area contributed by atoms with Crippen LogP contribution in [0.3, 0.4) is 0 Å². The molecule has 0 saturated carbocycles. The van der Waals surface area contributed by atoms with Crippen molar-refractivity contribution in [2.75, 3.05) is 30.9 Å². The summed E-state index contributed by atoms with van der Waals surface area (Å²) in [5.74, 6) is 2.21. The number of hydrogen-bond donors (Lipinski definition) is 1. The molecule has 0 unspecified atom stereocenters. The molecule has 0 aliphatic rings. The topological polar surface area (TPSA) is 50.3 Å². The largest absolute Gasteiger partial charge is 0.490 e. The average molecular weight is 371 g/mol. The average Bonchev–Trinajstić information content (AvgIpc) is 2.89. The van der Waals surface area contributed by atoms with E-state index in [1.54, 1.807) is 24.8 Å². The molecule has 0 atom stereocenters. The molecule has 0 amide bonds. The van der Waals surface area contributed by atoms with Gasteiger partial charge in [-0.05, 0) is 28.4 Å². The second-order valence-corrected chi connectivity index (χ2v) is 6.50. The lowest BCUT2D eigenvalue weighted by atomic mass is 10.3. The molecule has 2 rings (SSSR count). The van der Waals surface area contributed by atoms with Crippen molar-refractivity contribution in [3.8, 4) is 5.75 Å². The predicted molar refractivity (Wildman–Crippen MR) is 91.5 cm³/mol. The first-order chi connectivity index (χ1) is 10.2. The molecule has 0 spiro atoms. The highest BCUT2D eigenvalue weighted by molar-refractivity contribution is 9.10. The van der Waals surface area contributed by atoms with Crippen molar-refractivity contribution in [2.45, 2.75) is 19.9 Å². The van der Waals surface area contributed by atoms with Crippen molar-refractivity contribution >= 4 is 38.9 Å². The van der Waals surface area contributed by atoms with Crippen molar-refractivity contribution in [3.05, 3.63) is 27.1 Å². The Morgan fingerprint density at radius 2 is 2.24 bits per heavy atom. The van der Waals surface area contributed by atoms with Crippen LogP contribution >= 0.6 is 27.3 Å². The quantitative estimate of drug-likeness (QED) is 0.803. The van der Waals surface area contributed by atoms with Crippen LogP contribution < -0.4 is 15.0 Å². The third-order valence-electron chi connectivity index (χ3n) is 2.91. The monoisotopic (exact) mass is 370 g/mol. The lowest BCUT2D eigenvalue weighted by molar-refractivity contribution is 0.412. The highest BCUT2D eigenvalue weighted by Crippen LogP contribution is 2.32. The van der Waals surface area contributed by atoms with E-state index in [-0.39, 0.29) is 0 Å². The Hall–Kier alpha value is -1.34. The lowest BCUT2D eigenvalue weighted by Gasteiger charge is -2.21. The summed E-state index contributed by atoms with van der Waals surface area (Å²) >= 11 is 5.19. The number of halogens is 1. The van der Waals surface area contributed by atoms with E-state index in [2.05, 4.69) is 54.5 Å². The van der Waals surface area contributed by atoms with Crippen LogP contribution in [0.5, 0.6) is 5.75 Å². The number of anilines is 2. The van der Waals surface area contributed by atoms with Crippen LogP contribution in [-0.2, 0) is 6.54 Å². The van der Waals surface area contributed by atoms with Crippen molar-refractivity contribution in [1.82, 2.24) is 9.97 Å². The fourth-order valence-corrected chi connectivity index (χ4v) is 3.44. The summed E-state index contributed by atoms with van der Waals surface area (Å²) in [5.41, 5.74) is 0. The third-order valence-corrected chi connectivity index (χ3v) is 4.59. The van der Waals surface area contributed by atoms with Gasteiger partial charge in [0, 0.05) is 28.3 Å². The lowest BCUT2D eigenvalue weighted by Crippen LogP contribution is -2.19. The number of nitrogens with zero attached hydrogens (tertiary/aromatic N) is 3. The fraction of sp³-hybridized carbons (Fsp3) is 0.429. The third kappa shape index (κ3) is 4.07. The maximum atomic E-state index is 5.50. The van der Waals surface area contributed by atoms with Gasteiger partial charge in [0.1, 0.15) is 6.33 Å². The molecule has 0 fully saturated rings. The Balaban J connectivity index is 2.21. The Morgan fingerprint density at radius 1 is 1.43 bits per heavy atom. The van der Waals surface area contributed by atoms with E-state index in [1.165, 1.54) is 4.88 Å². The van der Waals surface area contributed by atoms with E-state index >= 15 is 0 Å². The zero-order valence-corrected chi connectivity index (χ0v) is 14.8. The highest BCUT2D eigenvalue weighted by atomic mass is 79.9. The Kier molecular flexibility index (Phi) is 5.81. The van der Waals surface area contributed by atoms with E-state index in [9.17, 15) is 0 Å². The number of thiophene rings is 1. The summed E-state index contributed by atoms with van der Waals surface area (Å²) in [6, 6.07) is 2.12. The molecular weight excluding hydrogens is 352 g/mol. The number of nitrogens with one attached hydrogen (secondary N) is 1. The second-order valence-electron chi connectivity index (χ2n) is 4.59. The van der Waals surface area contributed by atoms with Gasteiger partial charge in [-0.3, -0.25) is 0 Å². The number of hydrogen-bond acceptors (Lipinski definition) is 6. The second kappa shape index (κ2) is 7.61. The molecular formula is C14H19BrN4OS. The molecule has 0 aliphatic heterocycles. The normalized spacial score (nSPS) is 10.5. The number of rotatable bonds is 7. The highest BCUT2D eigenvalue weighted by Gasteiger charge is 2.16. The van der Waals surface area contributed by atoms with Crippen LogP contribution in [0.2, 0.25) is 0 Å². The van der Waals surface area contributed by atoms with Gasteiger partial charge in [0.05, 0.1) is 13.7 Å². The van der Waals surface area contributed by atoms with E-state index in [0.29, 0.717) is 5.75 Å². The molecule has 0 bridgehead atoms. The van der Waals surface area contributed by atoms with Crippen LogP contribution in [0, 0.1) is 0 Å². The zero-order valence-electron chi connectivity index (χ0n) is 12.4. The van der Waals surface area contributed by atoms with Gasteiger partial charge in [0.15, 0.2) is 11.6 Å². The number of methoxy groups -OCH3 is 1. The fourth-order valence-electron chi connectivity index (χ4n) is 1.94. The summed E-state index contributed by atoms with van der Waals surface area (Å²) in [7, 11) is 3.65. The summed E-state index contributed by atoms with van der Waals surface area (Å²) in [6.07, 6.45) is 2.60. The molecule has 1 N–H and O–H groups in total. The van der Waals surface area contributed by atoms with Crippen molar-refractivity contribution < 1.29 is 4.74 Å². The van der Waals surface area contributed by atoms with E-state index in [1.807, 2.05) is 7.05 Å². The number of aromatic nitrogens is 2. The molecule has 2 heterocycles. The summed E-state index contributed by atoms with van der Waals surface area (Å²) < 4.78 is 6.61. The smallest absolute Gasteiger partial charge is 0.204 e. The molecule has 2 aromatic rings. The molecule has 7 heteroatoms. The molecule has 21 heavy (non-hydrogen) atoms. The molecule has 0 saturated heterocycles. The van der Waals surface area contributed by atoms with Gasteiger partial charge < -0.3 is 15.0 Å². The maximum absolute atomic E-state index is 5.50. The molecule has 0 radical (unpaired) electrons. The maximum Gasteiger partial charge on any atom is 0.204 e. The van der Waals surface area contributed by atoms with E-state index in [0.717, 1.165) is 35.6 Å². The van der Waals surface area contributed by atoms with Crippen LogP contribution in [0.1, 0.15) is 18.2 Å². The van der Waals surface area contributed by atoms with Gasteiger partial charge in [-0.1, -0.05) is 6.92 Å². The van der Waals surface area contributed by atoms with E-state index < -0.39 is 0 Å². The van der Waals surface area contributed by atoms with Gasteiger partial charge >= 0.3 is 0 Å². The van der Waals surface area contributed by atoms with Crippen molar-refractivity contribution in [3.63, 3.8) is 0 Å². The molecule has 0 aliphatic carbocycles. The van der Waals surface area contributed by atoms with Crippen LogP contribution in [0.25, 0.3) is 0 Å². The summed E-state index contributed by atoms with van der Waals surface area (Å²) in [5, 5.41) is 5.35. The van der Waals surface area contributed by atoms with Gasteiger partial charge in [-0.25, -0.2) is 9.97 Å². The zero-order chi connectivity index (χ0) is 15.2. The minimum absolute atomic E-state index is 0.684. The minimum atomic E-state index is 0.684. The first kappa shape index (κ1) is 16.0.